The summed E-state index contributed by atoms with van der Waals surface area (Å²) in [5.41, 5.74) is 1.55. The molecule has 0 atom stereocenters. The van der Waals surface area contributed by atoms with Gasteiger partial charge >= 0.3 is 0 Å². The number of piperazine rings is 1. The van der Waals surface area contributed by atoms with Crippen LogP contribution in [0, 0.1) is 0 Å². The summed E-state index contributed by atoms with van der Waals surface area (Å²) < 4.78 is 25.3. The zero-order valence-corrected chi connectivity index (χ0v) is 13.5. The Labute approximate surface area is 137 Å². The van der Waals surface area contributed by atoms with Crippen LogP contribution in [-0.2, 0) is 11.4 Å². The molecule has 1 aliphatic heterocycles. The molecular weight excluding hydrogens is 320 g/mol. The predicted octanol–water partition coefficient (Wildman–Crippen LogP) is 0.187. The van der Waals surface area contributed by atoms with Gasteiger partial charge in [-0.05, 0) is 13.0 Å². The SMILES string of the molecule is C1CNCCN1.CC1=CC(=O)c2ccccc2C1=O.O=S([O-])[O-]. The van der Waals surface area contributed by atoms with Crippen LogP contribution in [0.5, 0.6) is 0 Å². The fourth-order valence-corrected chi connectivity index (χ4v) is 2.05. The van der Waals surface area contributed by atoms with Gasteiger partial charge in [-0.25, -0.2) is 0 Å². The van der Waals surface area contributed by atoms with Crippen molar-refractivity contribution in [2.24, 2.45) is 0 Å². The molecule has 0 spiro atoms. The fraction of sp³-hybridized carbons (Fsp3) is 0.333. The van der Waals surface area contributed by atoms with Gasteiger partial charge in [0, 0.05) is 42.9 Å². The van der Waals surface area contributed by atoms with Crippen LogP contribution in [0.15, 0.2) is 35.9 Å². The quantitative estimate of drug-likeness (QED) is 0.647. The van der Waals surface area contributed by atoms with Crippen molar-refractivity contribution in [3.05, 3.63) is 47.0 Å². The molecule has 126 valence electrons. The number of carbonyl (C=O) groups is 2. The van der Waals surface area contributed by atoms with Crippen molar-refractivity contribution in [3.63, 3.8) is 0 Å². The van der Waals surface area contributed by atoms with Crippen LogP contribution in [0.3, 0.4) is 0 Å². The van der Waals surface area contributed by atoms with Gasteiger partial charge in [0.05, 0.1) is 0 Å². The van der Waals surface area contributed by atoms with Gasteiger partial charge in [-0.15, -0.1) is 11.4 Å². The molecule has 7 nitrogen and oxygen atoms in total. The van der Waals surface area contributed by atoms with E-state index < -0.39 is 11.4 Å². The molecule has 1 saturated heterocycles. The highest BCUT2D eigenvalue weighted by atomic mass is 32.2. The number of carbonyl (C=O) groups excluding carboxylic acids is 2. The van der Waals surface area contributed by atoms with E-state index in [1.165, 1.54) is 6.08 Å². The first-order valence-corrected chi connectivity index (χ1v) is 7.98. The second-order valence-corrected chi connectivity index (χ2v) is 5.18. The zero-order valence-electron chi connectivity index (χ0n) is 12.7. The maximum atomic E-state index is 11.5. The van der Waals surface area contributed by atoms with E-state index in [4.69, 9.17) is 13.3 Å². The number of benzene rings is 1. The molecule has 0 radical (unpaired) electrons. The van der Waals surface area contributed by atoms with Gasteiger partial charge in [0.1, 0.15) is 0 Å². The van der Waals surface area contributed by atoms with Crippen LogP contribution in [0.25, 0.3) is 0 Å². The first-order chi connectivity index (χ1) is 10.9. The third kappa shape index (κ3) is 6.93. The lowest BCUT2D eigenvalue weighted by Crippen LogP contribution is -2.39. The molecule has 2 N–H and O–H groups in total. The topological polar surface area (TPSA) is 121 Å². The molecule has 8 heteroatoms. The lowest BCUT2D eigenvalue weighted by molar-refractivity contribution is 0.0984. The summed E-state index contributed by atoms with van der Waals surface area (Å²) in [7, 11) is 0. The molecule has 1 heterocycles. The molecule has 0 saturated carbocycles. The summed E-state index contributed by atoms with van der Waals surface area (Å²) in [4.78, 5) is 23.0. The average molecular weight is 338 g/mol. The van der Waals surface area contributed by atoms with E-state index in [0.29, 0.717) is 16.7 Å². The zero-order chi connectivity index (χ0) is 17.2. The van der Waals surface area contributed by atoms with Gasteiger partial charge in [-0.3, -0.25) is 13.8 Å². The maximum Gasteiger partial charge on any atom is 0.189 e. The van der Waals surface area contributed by atoms with Crippen molar-refractivity contribution in [3.8, 4) is 0 Å². The third-order valence-electron chi connectivity index (χ3n) is 3.10. The van der Waals surface area contributed by atoms with Crippen molar-refractivity contribution in [2.75, 3.05) is 26.2 Å². The summed E-state index contributed by atoms with van der Waals surface area (Å²) in [6, 6.07) is 6.89. The molecule has 2 aliphatic rings. The molecule has 0 bridgehead atoms. The summed E-state index contributed by atoms with van der Waals surface area (Å²) in [5.74, 6) is -0.122. The number of rotatable bonds is 0. The number of Topliss-reactive ketones (excluding diaryl/α,β-unsaturated/α-hetero) is 1. The summed E-state index contributed by atoms with van der Waals surface area (Å²) in [6.45, 7) is 6.22. The van der Waals surface area contributed by atoms with Gasteiger partial charge < -0.3 is 19.7 Å². The minimum atomic E-state index is -3.11. The van der Waals surface area contributed by atoms with Crippen molar-refractivity contribution >= 4 is 22.9 Å². The minimum absolute atomic E-state index is 0.0461. The van der Waals surface area contributed by atoms with E-state index in [1.54, 1.807) is 31.2 Å². The van der Waals surface area contributed by atoms with Crippen LogP contribution >= 0.6 is 0 Å². The molecular formula is C15H18N2O5S-2. The van der Waals surface area contributed by atoms with E-state index in [0.717, 1.165) is 26.2 Å². The second kappa shape index (κ2) is 10.1. The van der Waals surface area contributed by atoms with E-state index in [9.17, 15) is 9.59 Å². The first kappa shape index (κ1) is 19.3. The normalized spacial score (nSPS) is 16.4. The number of hydrogen-bond acceptors (Lipinski definition) is 7. The van der Waals surface area contributed by atoms with Crippen LogP contribution in [-0.4, -0.2) is 51.1 Å². The Bertz CT molecular complexity index is 596. The van der Waals surface area contributed by atoms with Crippen molar-refractivity contribution < 1.29 is 22.9 Å². The predicted molar refractivity (Wildman–Crippen MR) is 84.3 cm³/mol. The highest BCUT2D eigenvalue weighted by molar-refractivity contribution is 7.72. The molecule has 1 fully saturated rings. The van der Waals surface area contributed by atoms with Gasteiger partial charge in [-0.1, -0.05) is 24.3 Å². The van der Waals surface area contributed by atoms with Crippen LogP contribution < -0.4 is 10.6 Å². The van der Waals surface area contributed by atoms with Crippen LogP contribution in [0.1, 0.15) is 27.6 Å². The Morgan fingerprint density at radius 1 is 0.957 bits per heavy atom. The van der Waals surface area contributed by atoms with E-state index >= 15 is 0 Å². The highest BCUT2D eigenvalue weighted by Gasteiger charge is 2.21. The van der Waals surface area contributed by atoms with E-state index in [-0.39, 0.29) is 11.6 Å². The Balaban J connectivity index is 0.000000220. The third-order valence-corrected chi connectivity index (χ3v) is 3.10. The van der Waals surface area contributed by atoms with Gasteiger partial charge in [0.25, 0.3) is 0 Å². The second-order valence-electron chi connectivity index (χ2n) is 4.77. The van der Waals surface area contributed by atoms with Gasteiger partial charge in [0.2, 0.25) is 0 Å². The summed E-state index contributed by atoms with van der Waals surface area (Å²) >= 11 is -3.11. The Morgan fingerprint density at radius 3 is 1.83 bits per heavy atom. The van der Waals surface area contributed by atoms with Crippen LogP contribution in [0.2, 0.25) is 0 Å². The van der Waals surface area contributed by atoms with Crippen molar-refractivity contribution in [2.45, 2.75) is 6.92 Å². The number of fused-ring (bicyclic) bond motifs is 1. The smallest absolute Gasteiger partial charge is 0.189 e. The molecule has 1 aromatic carbocycles. The Kier molecular flexibility index (Phi) is 8.52. The maximum absolute atomic E-state index is 11.5. The molecule has 0 amide bonds. The number of allylic oxidation sites excluding steroid dienone is 2. The number of hydrogen-bond donors (Lipinski definition) is 2. The van der Waals surface area contributed by atoms with Crippen molar-refractivity contribution in [1.29, 1.82) is 0 Å². The molecule has 23 heavy (non-hydrogen) atoms. The molecule has 3 rings (SSSR count). The number of nitrogens with one attached hydrogen (secondary N) is 2. The molecule has 0 aromatic heterocycles. The van der Waals surface area contributed by atoms with Crippen LogP contribution in [0.4, 0.5) is 0 Å². The van der Waals surface area contributed by atoms with E-state index in [2.05, 4.69) is 10.6 Å². The monoisotopic (exact) mass is 338 g/mol. The molecule has 1 aliphatic carbocycles. The minimum Gasteiger partial charge on any atom is -0.784 e. The highest BCUT2D eigenvalue weighted by Crippen LogP contribution is 2.20. The summed E-state index contributed by atoms with van der Waals surface area (Å²) in [6.07, 6.45) is 1.39. The molecule has 1 aromatic rings. The lowest BCUT2D eigenvalue weighted by atomic mass is 9.90. The standard InChI is InChI=1S/C11H8O2.C4H10N2.H2O3S/c1-7-6-10(12)8-4-2-3-5-9(8)11(7)13;1-2-6-4-3-5-1;1-4(2)3/h2-6H,1H3;5-6H,1-4H2;(H2,1,2,3)/p-2. The van der Waals surface area contributed by atoms with Gasteiger partial charge in [-0.2, -0.15) is 0 Å². The van der Waals surface area contributed by atoms with Gasteiger partial charge in [0.15, 0.2) is 11.6 Å². The number of ketones is 2. The van der Waals surface area contributed by atoms with E-state index in [1.807, 2.05) is 0 Å². The largest absolute Gasteiger partial charge is 0.784 e. The molecule has 0 unspecified atom stereocenters. The lowest BCUT2D eigenvalue weighted by Gasteiger charge is -2.11. The Morgan fingerprint density at radius 2 is 1.39 bits per heavy atom. The average Bonchev–Trinajstić information content (AvgIpc) is 2.54. The first-order valence-electron chi connectivity index (χ1n) is 6.98. The summed E-state index contributed by atoms with van der Waals surface area (Å²) in [5, 5.41) is 6.44. The Hall–Kier alpha value is -1.71. The van der Waals surface area contributed by atoms with Crippen molar-refractivity contribution in [1.82, 2.24) is 10.6 Å². The fourth-order valence-electron chi connectivity index (χ4n) is 2.05.